The molecular formula is C18H29N3O2. The number of carbonyl (C=O) groups excluding carboxylic acids is 2. The fourth-order valence-electron chi connectivity index (χ4n) is 2.54. The highest BCUT2D eigenvalue weighted by molar-refractivity contribution is 5.89. The Morgan fingerprint density at radius 1 is 1.13 bits per heavy atom. The van der Waals surface area contributed by atoms with Crippen LogP contribution in [0.4, 0.5) is 10.5 Å². The van der Waals surface area contributed by atoms with Crippen LogP contribution >= 0.6 is 0 Å². The Balaban J connectivity index is 0.00000127. The van der Waals surface area contributed by atoms with E-state index in [4.69, 9.17) is 0 Å². The largest absolute Gasteiger partial charge is 0.339 e. The van der Waals surface area contributed by atoms with Crippen LogP contribution in [0, 0.1) is 5.92 Å². The summed E-state index contributed by atoms with van der Waals surface area (Å²) >= 11 is 0. The molecule has 0 saturated carbocycles. The molecule has 3 amide bonds. The number of hydrogen-bond acceptors (Lipinski definition) is 2. The van der Waals surface area contributed by atoms with E-state index < -0.39 is 0 Å². The van der Waals surface area contributed by atoms with Crippen molar-refractivity contribution >= 4 is 17.6 Å². The molecule has 0 bridgehead atoms. The predicted octanol–water partition coefficient (Wildman–Crippen LogP) is 3.43. The number of benzene rings is 1. The molecule has 5 heteroatoms. The normalized spacial score (nSPS) is 17.4. The molecule has 128 valence electrons. The van der Waals surface area contributed by atoms with Crippen LogP contribution in [-0.2, 0) is 4.79 Å². The number of para-hydroxylation sites is 1. The van der Waals surface area contributed by atoms with Crippen LogP contribution in [-0.4, -0.2) is 47.4 Å². The summed E-state index contributed by atoms with van der Waals surface area (Å²) < 4.78 is 0. The quantitative estimate of drug-likeness (QED) is 0.908. The van der Waals surface area contributed by atoms with Crippen LogP contribution in [0.3, 0.4) is 0 Å². The van der Waals surface area contributed by atoms with Gasteiger partial charge in [-0.05, 0) is 19.1 Å². The highest BCUT2D eigenvalue weighted by Gasteiger charge is 2.30. The van der Waals surface area contributed by atoms with Crippen molar-refractivity contribution in [2.45, 2.75) is 40.7 Å². The molecule has 23 heavy (non-hydrogen) atoms. The smallest absolute Gasteiger partial charge is 0.322 e. The predicted molar refractivity (Wildman–Crippen MR) is 94.4 cm³/mol. The van der Waals surface area contributed by atoms with E-state index >= 15 is 0 Å². The van der Waals surface area contributed by atoms with E-state index in [1.54, 1.807) is 4.90 Å². The third-order valence-electron chi connectivity index (χ3n) is 3.72. The van der Waals surface area contributed by atoms with Crippen molar-refractivity contribution in [1.29, 1.82) is 0 Å². The van der Waals surface area contributed by atoms with Crippen LogP contribution in [0.25, 0.3) is 0 Å². The number of anilines is 1. The maximum Gasteiger partial charge on any atom is 0.322 e. The lowest BCUT2D eigenvalue weighted by Crippen LogP contribution is -2.57. The average Bonchev–Trinajstić information content (AvgIpc) is 2.56. The van der Waals surface area contributed by atoms with E-state index in [1.165, 1.54) is 0 Å². The highest BCUT2D eigenvalue weighted by atomic mass is 16.2. The molecule has 1 atom stereocenters. The van der Waals surface area contributed by atoms with Gasteiger partial charge in [0.25, 0.3) is 0 Å². The minimum Gasteiger partial charge on any atom is -0.339 e. The van der Waals surface area contributed by atoms with Gasteiger partial charge < -0.3 is 15.1 Å². The average molecular weight is 319 g/mol. The number of carbonyl (C=O) groups is 2. The van der Waals surface area contributed by atoms with Crippen molar-refractivity contribution in [3.63, 3.8) is 0 Å². The van der Waals surface area contributed by atoms with Gasteiger partial charge in [-0.2, -0.15) is 0 Å². The first-order chi connectivity index (χ1) is 11.0. The second kappa shape index (κ2) is 9.18. The molecule has 0 radical (unpaired) electrons. The van der Waals surface area contributed by atoms with Crippen molar-refractivity contribution in [3.8, 4) is 0 Å². The molecule has 1 fully saturated rings. The lowest BCUT2D eigenvalue weighted by Gasteiger charge is -2.40. The van der Waals surface area contributed by atoms with Crippen LogP contribution < -0.4 is 5.32 Å². The molecule has 1 unspecified atom stereocenters. The van der Waals surface area contributed by atoms with E-state index in [0.717, 1.165) is 5.69 Å². The van der Waals surface area contributed by atoms with Crippen LogP contribution in [0.5, 0.6) is 0 Å². The second-order valence-corrected chi connectivity index (χ2v) is 5.78. The topological polar surface area (TPSA) is 52.7 Å². The van der Waals surface area contributed by atoms with E-state index in [2.05, 4.69) is 5.32 Å². The summed E-state index contributed by atoms with van der Waals surface area (Å²) in [6.45, 7) is 11.5. The molecule has 2 rings (SSSR count). The monoisotopic (exact) mass is 319 g/mol. The number of urea groups is 1. The molecule has 0 aliphatic carbocycles. The maximum absolute atomic E-state index is 12.3. The molecule has 0 spiro atoms. The number of hydrogen-bond donors (Lipinski definition) is 1. The van der Waals surface area contributed by atoms with Gasteiger partial charge in [0.1, 0.15) is 0 Å². The summed E-state index contributed by atoms with van der Waals surface area (Å²) in [4.78, 5) is 28.0. The minimum atomic E-state index is -0.106. The highest BCUT2D eigenvalue weighted by Crippen LogP contribution is 2.14. The van der Waals surface area contributed by atoms with Crippen molar-refractivity contribution in [2.24, 2.45) is 5.92 Å². The lowest BCUT2D eigenvalue weighted by molar-refractivity contribution is -0.136. The molecular weight excluding hydrogens is 290 g/mol. The molecule has 1 aliphatic heterocycles. The van der Waals surface area contributed by atoms with Gasteiger partial charge in [-0.1, -0.05) is 45.9 Å². The Hall–Kier alpha value is -2.04. The number of rotatable bonds is 2. The Morgan fingerprint density at radius 2 is 1.74 bits per heavy atom. The van der Waals surface area contributed by atoms with Crippen molar-refractivity contribution in [1.82, 2.24) is 9.80 Å². The molecule has 1 N–H and O–H groups in total. The molecule has 1 aliphatic rings. The van der Waals surface area contributed by atoms with Crippen LogP contribution in [0.1, 0.15) is 34.6 Å². The lowest BCUT2D eigenvalue weighted by atomic mass is 10.1. The number of piperazine rings is 1. The van der Waals surface area contributed by atoms with Gasteiger partial charge in [-0.15, -0.1) is 0 Å². The standard InChI is InChI=1S/C16H23N3O2.C2H6/c1-12(2)15(20)18-9-10-19(13(3)11-18)16(21)17-14-7-5-4-6-8-14;1-2/h4-8,12-13H,9-11H2,1-3H3,(H,17,21);1-2H3. The zero-order chi connectivity index (χ0) is 17.4. The first kappa shape index (κ1) is 19.0. The summed E-state index contributed by atoms with van der Waals surface area (Å²) in [6, 6.07) is 9.32. The Kier molecular flexibility index (Phi) is 7.59. The number of amides is 3. The summed E-state index contributed by atoms with van der Waals surface area (Å²) in [5.41, 5.74) is 0.787. The van der Waals surface area contributed by atoms with Gasteiger partial charge in [0, 0.05) is 37.3 Å². The van der Waals surface area contributed by atoms with Crippen molar-refractivity contribution in [2.75, 3.05) is 25.0 Å². The SMILES string of the molecule is CC.CC(C)C(=O)N1CCN(C(=O)Nc2ccccc2)C(C)C1. The maximum atomic E-state index is 12.3. The number of nitrogens with zero attached hydrogens (tertiary/aromatic N) is 2. The molecule has 1 aromatic carbocycles. The Morgan fingerprint density at radius 3 is 2.26 bits per heavy atom. The second-order valence-electron chi connectivity index (χ2n) is 5.78. The first-order valence-corrected chi connectivity index (χ1v) is 8.40. The van der Waals surface area contributed by atoms with Crippen LogP contribution in [0.15, 0.2) is 30.3 Å². The zero-order valence-corrected chi connectivity index (χ0v) is 14.9. The summed E-state index contributed by atoms with van der Waals surface area (Å²) in [7, 11) is 0. The van der Waals surface area contributed by atoms with Crippen molar-refractivity contribution < 1.29 is 9.59 Å². The van der Waals surface area contributed by atoms with Gasteiger partial charge >= 0.3 is 6.03 Å². The number of nitrogens with one attached hydrogen (secondary N) is 1. The minimum absolute atomic E-state index is 0.00175. The first-order valence-electron chi connectivity index (χ1n) is 8.40. The third-order valence-corrected chi connectivity index (χ3v) is 3.72. The van der Waals surface area contributed by atoms with E-state index in [9.17, 15) is 9.59 Å². The van der Waals surface area contributed by atoms with Gasteiger partial charge in [0.15, 0.2) is 0 Å². The molecule has 1 saturated heterocycles. The summed E-state index contributed by atoms with van der Waals surface area (Å²) in [5, 5.41) is 2.89. The zero-order valence-electron chi connectivity index (χ0n) is 14.9. The van der Waals surface area contributed by atoms with E-state index in [-0.39, 0.29) is 23.9 Å². The van der Waals surface area contributed by atoms with E-state index in [1.807, 2.05) is 69.9 Å². The fraction of sp³-hybridized carbons (Fsp3) is 0.556. The molecule has 5 nitrogen and oxygen atoms in total. The molecule has 1 heterocycles. The molecule has 0 aromatic heterocycles. The van der Waals surface area contributed by atoms with Crippen molar-refractivity contribution in [3.05, 3.63) is 30.3 Å². The Labute approximate surface area is 139 Å². The summed E-state index contributed by atoms with van der Waals surface area (Å²) in [5.74, 6) is 0.159. The van der Waals surface area contributed by atoms with Gasteiger partial charge in [-0.3, -0.25) is 4.79 Å². The van der Waals surface area contributed by atoms with Gasteiger partial charge in [-0.25, -0.2) is 4.79 Å². The van der Waals surface area contributed by atoms with Gasteiger partial charge in [0.2, 0.25) is 5.91 Å². The van der Waals surface area contributed by atoms with Gasteiger partial charge in [0.05, 0.1) is 0 Å². The Bertz CT molecular complexity index is 502. The van der Waals surface area contributed by atoms with E-state index in [0.29, 0.717) is 19.6 Å². The summed E-state index contributed by atoms with van der Waals surface area (Å²) in [6.07, 6.45) is 0. The molecule has 1 aromatic rings. The third kappa shape index (κ3) is 5.27. The fourth-order valence-corrected chi connectivity index (χ4v) is 2.54. The van der Waals surface area contributed by atoms with Crippen LogP contribution in [0.2, 0.25) is 0 Å².